The molecule has 2 amide bonds. The van der Waals surface area contributed by atoms with Crippen molar-refractivity contribution in [3.8, 4) is 0 Å². The highest BCUT2D eigenvalue weighted by Crippen LogP contribution is 2.18. The molecule has 1 aliphatic carbocycles. The minimum Gasteiger partial charge on any atom is -0.372 e. The quantitative estimate of drug-likeness (QED) is 0.652. The molecule has 1 heterocycles. The minimum absolute atomic E-state index is 0.175. The third kappa shape index (κ3) is 3.97. The number of hydrogen-bond donors (Lipinski definition) is 4. The molecular formula is C11H21N5O. The van der Waals surface area contributed by atoms with Gasteiger partial charge in [0.05, 0.1) is 0 Å². The Labute approximate surface area is 102 Å². The summed E-state index contributed by atoms with van der Waals surface area (Å²) in [5.41, 5.74) is 0. The van der Waals surface area contributed by atoms with Gasteiger partial charge in [-0.25, -0.2) is 4.79 Å². The number of carbonyl (C=O) groups is 1. The van der Waals surface area contributed by atoms with Gasteiger partial charge in [-0.1, -0.05) is 13.8 Å². The van der Waals surface area contributed by atoms with Crippen LogP contribution in [-0.2, 0) is 0 Å². The van der Waals surface area contributed by atoms with Gasteiger partial charge in [0.25, 0.3) is 0 Å². The number of amides is 2. The lowest BCUT2D eigenvalue weighted by molar-refractivity contribution is 0.240. The number of nitrogens with one attached hydrogen (secondary N) is 4. The first-order valence-electron chi connectivity index (χ1n) is 6.08. The second-order valence-electron chi connectivity index (χ2n) is 3.64. The highest BCUT2D eigenvalue weighted by Gasteiger charge is 2.19. The summed E-state index contributed by atoms with van der Waals surface area (Å²) in [5.74, 6) is 1.30. The van der Waals surface area contributed by atoms with E-state index >= 15 is 0 Å². The maximum atomic E-state index is 11.4. The van der Waals surface area contributed by atoms with E-state index in [1.807, 2.05) is 13.8 Å². The number of H-pyrrole nitrogens is 1. The smallest absolute Gasteiger partial charge is 0.320 e. The van der Waals surface area contributed by atoms with Crippen molar-refractivity contribution < 1.29 is 4.79 Å². The van der Waals surface area contributed by atoms with Crippen LogP contribution in [0.15, 0.2) is 6.07 Å². The first-order chi connectivity index (χ1) is 8.28. The molecule has 0 bridgehead atoms. The van der Waals surface area contributed by atoms with Crippen molar-refractivity contribution in [3.05, 3.63) is 6.07 Å². The third-order valence-electron chi connectivity index (χ3n) is 2.52. The molecule has 1 fully saturated rings. The maximum Gasteiger partial charge on any atom is 0.320 e. The number of anilines is 2. The highest BCUT2D eigenvalue weighted by molar-refractivity contribution is 5.88. The Balaban J connectivity index is 0.000000686. The zero-order chi connectivity index (χ0) is 12.7. The van der Waals surface area contributed by atoms with Gasteiger partial charge in [-0.2, -0.15) is 5.10 Å². The molecule has 17 heavy (non-hydrogen) atoms. The van der Waals surface area contributed by atoms with Crippen molar-refractivity contribution in [2.75, 3.05) is 17.7 Å². The summed E-state index contributed by atoms with van der Waals surface area (Å²) < 4.78 is 0. The van der Waals surface area contributed by atoms with Crippen LogP contribution in [-0.4, -0.2) is 29.3 Å². The molecule has 1 aromatic rings. The van der Waals surface area contributed by atoms with E-state index in [2.05, 4.69) is 26.1 Å². The van der Waals surface area contributed by atoms with Gasteiger partial charge in [0, 0.05) is 19.2 Å². The minimum atomic E-state index is -0.175. The molecule has 0 aromatic carbocycles. The van der Waals surface area contributed by atoms with Crippen LogP contribution < -0.4 is 16.0 Å². The predicted octanol–water partition coefficient (Wildman–Crippen LogP) is 2.15. The van der Waals surface area contributed by atoms with Crippen molar-refractivity contribution in [1.82, 2.24) is 15.5 Å². The largest absolute Gasteiger partial charge is 0.372 e. The van der Waals surface area contributed by atoms with E-state index < -0.39 is 0 Å². The van der Waals surface area contributed by atoms with Crippen molar-refractivity contribution in [1.29, 1.82) is 0 Å². The fourth-order valence-corrected chi connectivity index (χ4v) is 1.41. The van der Waals surface area contributed by atoms with Gasteiger partial charge in [-0.15, -0.1) is 0 Å². The van der Waals surface area contributed by atoms with Crippen LogP contribution in [0.2, 0.25) is 0 Å². The van der Waals surface area contributed by atoms with Gasteiger partial charge >= 0.3 is 6.03 Å². The fourth-order valence-electron chi connectivity index (χ4n) is 1.41. The van der Waals surface area contributed by atoms with Crippen molar-refractivity contribution in [3.63, 3.8) is 0 Å². The molecule has 2 rings (SSSR count). The standard InChI is InChI=1S/C9H15N5O.C2H6/c1-10-7-5-8(14-13-7)12-9(15)11-6-3-2-4-6;1-2/h5-6H,2-4H2,1H3,(H4,10,11,12,13,14,15);1-2H3. The molecule has 0 aliphatic heterocycles. The number of nitrogens with zero attached hydrogens (tertiary/aromatic N) is 1. The molecular weight excluding hydrogens is 218 g/mol. The van der Waals surface area contributed by atoms with E-state index in [0.717, 1.165) is 12.8 Å². The van der Waals surface area contributed by atoms with E-state index in [4.69, 9.17) is 0 Å². The third-order valence-corrected chi connectivity index (χ3v) is 2.52. The monoisotopic (exact) mass is 239 g/mol. The van der Waals surface area contributed by atoms with E-state index in [0.29, 0.717) is 17.7 Å². The topological polar surface area (TPSA) is 81.8 Å². The van der Waals surface area contributed by atoms with Crippen LogP contribution in [0.1, 0.15) is 33.1 Å². The predicted molar refractivity (Wildman–Crippen MR) is 69.3 cm³/mol. The number of rotatable bonds is 3. The zero-order valence-corrected chi connectivity index (χ0v) is 10.6. The Hall–Kier alpha value is -1.72. The van der Waals surface area contributed by atoms with Gasteiger partial charge in [0.1, 0.15) is 11.6 Å². The van der Waals surface area contributed by atoms with Gasteiger partial charge < -0.3 is 10.6 Å². The molecule has 4 N–H and O–H groups in total. The number of hydrogen-bond acceptors (Lipinski definition) is 3. The van der Waals surface area contributed by atoms with Crippen molar-refractivity contribution >= 4 is 17.7 Å². The Kier molecular flexibility index (Phi) is 5.32. The molecule has 6 nitrogen and oxygen atoms in total. The lowest BCUT2D eigenvalue weighted by Gasteiger charge is -2.26. The number of carbonyl (C=O) groups excluding carboxylic acids is 1. The number of urea groups is 1. The molecule has 1 saturated carbocycles. The van der Waals surface area contributed by atoms with E-state index in [1.54, 1.807) is 13.1 Å². The molecule has 0 atom stereocenters. The lowest BCUT2D eigenvalue weighted by atomic mass is 9.93. The van der Waals surface area contributed by atoms with Crippen LogP contribution in [0.25, 0.3) is 0 Å². The van der Waals surface area contributed by atoms with Crippen LogP contribution in [0.4, 0.5) is 16.4 Å². The molecule has 0 saturated heterocycles. The van der Waals surface area contributed by atoms with E-state index in [-0.39, 0.29) is 6.03 Å². The molecule has 0 spiro atoms. The first kappa shape index (κ1) is 13.3. The second kappa shape index (κ2) is 6.78. The maximum absolute atomic E-state index is 11.4. The summed E-state index contributed by atoms with van der Waals surface area (Å²) in [6.45, 7) is 4.00. The lowest BCUT2D eigenvalue weighted by Crippen LogP contribution is -2.41. The summed E-state index contributed by atoms with van der Waals surface area (Å²) in [6.07, 6.45) is 3.37. The summed E-state index contributed by atoms with van der Waals surface area (Å²) in [4.78, 5) is 11.4. The average Bonchev–Trinajstić information content (AvgIpc) is 2.74. The Morgan fingerprint density at radius 3 is 2.65 bits per heavy atom. The van der Waals surface area contributed by atoms with Gasteiger partial charge in [0.2, 0.25) is 0 Å². The molecule has 1 aromatic heterocycles. The van der Waals surface area contributed by atoms with Crippen molar-refractivity contribution in [2.45, 2.75) is 39.2 Å². The molecule has 0 unspecified atom stereocenters. The molecule has 1 aliphatic rings. The Morgan fingerprint density at radius 2 is 2.18 bits per heavy atom. The van der Waals surface area contributed by atoms with Gasteiger partial charge in [-0.05, 0) is 19.3 Å². The second-order valence-corrected chi connectivity index (χ2v) is 3.64. The zero-order valence-electron chi connectivity index (χ0n) is 10.6. The SMILES string of the molecule is CC.CNc1cc(NC(=O)NC2CCC2)[nH]n1. The highest BCUT2D eigenvalue weighted by atomic mass is 16.2. The number of aromatic nitrogens is 2. The van der Waals surface area contributed by atoms with Crippen molar-refractivity contribution in [2.24, 2.45) is 0 Å². The summed E-state index contributed by atoms with van der Waals surface area (Å²) in [5, 5.41) is 15.1. The summed E-state index contributed by atoms with van der Waals surface area (Å²) >= 11 is 0. The summed E-state index contributed by atoms with van der Waals surface area (Å²) in [7, 11) is 1.77. The first-order valence-corrected chi connectivity index (χ1v) is 6.08. The van der Waals surface area contributed by atoms with Gasteiger partial charge in [-0.3, -0.25) is 10.4 Å². The van der Waals surface area contributed by atoms with Gasteiger partial charge in [0.15, 0.2) is 0 Å². The number of aromatic amines is 1. The molecule has 96 valence electrons. The van der Waals surface area contributed by atoms with Crippen LogP contribution in [0.3, 0.4) is 0 Å². The fraction of sp³-hybridized carbons (Fsp3) is 0.636. The normalized spacial score (nSPS) is 14.1. The summed E-state index contributed by atoms with van der Waals surface area (Å²) in [6, 6.07) is 1.91. The average molecular weight is 239 g/mol. The Bertz CT molecular complexity index is 345. The van der Waals surface area contributed by atoms with Crippen LogP contribution in [0.5, 0.6) is 0 Å². The molecule has 6 heteroatoms. The molecule has 0 radical (unpaired) electrons. The van der Waals surface area contributed by atoms with Crippen LogP contribution >= 0.6 is 0 Å². The van der Waals surface area contributed by atoms with E-state index in [1.165, 1.54) is 6.42 Å². The van der Waals surface area contributed by atoms with Crippen LogP contribution in [0, 0.1) is 0 Å². The van der Waals surface area contributed by atoms with E-state index in [9.17, 15) is 4.79 Å². The Morgan fingerprint density at radius 1 is 1.47 bits per heavy atom.